The Morgan fingerprint density at radius 3 is 2.33 bits per heavy atom. The number of halogens is 3. The first-order valence-corrected chi connectivity index (χ1v) is 11.7. The Labute approximate surface area is 177 Å². The lowest BCUT2D eigenvalue weighted by Gasteiger charge is -2.55. The van der Waals surface area contributed by atoms with Crippen LogP contribution in [0.2, 0.25) is 0 Å². The van der Waals surface area contributed by atoms with Crippen molar-refractivity contribution in [2.45, 2.75) is 89.7 Å². The summed E-state index contributed by atoms with van der Waals surface area (Å²) in [5.74, 6) is 0.554. The van der Waals surface area contributed by atoms with Crippen LogP contribution >= 0.6 is 0 Å². The molecular formula is C24H35F3O3. The van der Waals surface area contributed by atoms with Gasteiger partial charge in [-0.05, 0) is 62.2 Å². The van der Waals surface area contributed by atoms with Gasteiger partial charge in [0.25, 0.3) is 0 Å². The molecule has 170 valence electrons. The van der Waals surface area contributed by atoms with Gasteiger partial charge in [-0.25, -0.2) is 0 Å². The standard InChI is InChI=1S/C24H35F3O3/c1-20(2)13-29-22(30-14-20)10-7-16-15(12-22)4-5-18-17(16)6-9-21(3)19(18)8-11-23(21,28)24(25,26)27/h6,15-16,18-19,28H,4-5,7-14H2,1-3H3/t15?,16?,18?,19?,21?,23-/m0/s1. The molecule has 3 saturated carbocycles. The normalized spacial score (nSPS) is 47.2. The fourth-order valence-corrected chi connectivity index (χ4v) is 7.60. The Kier molecular flexibility index (Phi) is 4.59. The van der Waals surface area contributed by atoms with Crippen LogP contribution in [-0.2, 0) is 9.47 Å². The molecule has 5 rings (SSSR count). The molecule has 0 aromatic rings. The first-order chi connectivity index (χ1) is 13.9. The van der Waals surface area contributed by atoms with Crippen molar-refractivity contribution in [1.29, 1.82) is 0 Å². The Balaban J connectivity index is 1.37. The van der Waals surface area contributed by atoms with Gasteiger partial charge in [0.1, 0.15) is 0 Å². The van der Waals surface area contributed by atoms with Crippen LogP contribution in [0.25, 0.3) is 0 Å². The predicted octanol–water partition coefficient (Wildman–Crippen LogP) is 5.62. The minimum absolute atomic E-state index is 0.0495. The molecule has 0 aromatic carbocycles. The number of fused-ring (bicyclic) bond motifs is 5. The lowest BCUT2D eigenvalue weighted by Crippen LogP contribution is -2.58. The van der Waals surface area contributed by atoms with Crippen LogP contribution in [0.1, 0.15) is 72.1 Å². The lowest BCUT2D eigenvalue weighted by molar-refractivity contribution is -0.319. The van der Waals surface area contributed by atoms with E-state index in [1.807, 2.05) is 0 Å². The van der Waals surface area contributed by atoms with Crippen LogP contribution in [-0.4, -0.2) is 35.9 Å². The number of hydrogen-bond acceptors (Lipinski definition) is 3. The topological polar surface area (TPSA) is 38.7 Å². The van der Waals surface area contributed by atoms with E-state index in [1.54, 1.807) is 6.92 Å². The molecule has 4 fully saturated rings. The maximum absolute atomic E-state index is 13.8. The highest BCUT2D eigenvalue weighted by Crippen LogP contribution is 2.66. The van der Waals surface area contributed by atoms with Crippen LogP contribution in [0.4, 0.5) is 13.2 Å². The van der Waals surface area contributed by atoms with E-state index in [1.165, 1.54) is 5.57 Å². The molecule has 1 spiro atoms. The molecule has 6 heteroatoms. The molecule has 0 aromatic heterocycles. The summed E-state index contributed by atoms with van der Waals surface area (Å²) in [7, 11) is 0. The Bertz CT molecular complexity index is 734. The second kappa shape index (κ2) is 6.48. The van der Waals surface area contributed by atoms with Gasteiger partial charge in [-0.15, -0.1) is 0 Å². The zero-order valence-corrected chi connectivity index (χ0v) is 18.4. The molecule has 6 atom stereocenters. The molecule has 0 bridgehead atoms. The van der Waals surface area contributed by atoms with Crippen LogP contribution in [0.5, 0.6) is 0 Å². The van der Waals surface area contributed by atoms with Crippen molar-refractivity contribution in [2.75, 3.05) is 13.2 Å². The summed E-state index contributed by atoms with van der Waals surface area (Å²) in [4.78, 5) is 0. The predicted molar refractivity (Wildman–Crippen MR) is 107 cm³/mol. The molecule has 0 radical (unpaired) electrons. The van der Waals surface area contributed by atoms with E-state index < -0.39 is 23.0 Å². The second-order valence-corrected chi connectivity index (χ2v) is 11.8. The minimum atomic E-state index is -4.57. The van der Waals surface area contributed by atoms with Gasteiger partial charge in [-0.3, -0.25) is 0 Å². The molecule has 5 unspecified atom stereocenters. The van der Waals surface area contributed by atoms with Crippen LogP contribution in [0, 0.1) is 34.5 Å². The fraction of sp³-hybridized carbons (Fsp3) is 0.917. The number of allylic oxidation sites excluding steroid dienone is 2. The van der Waals surface area contributed by atoms with Crippen molar-refractivity contribution < 1.29 is 27.8 Å². The number of rotatable bonds is 0. The summed E-state index contributed by atoms with van der Waals surface area (Å²) in [5, 5.41) is 10.7. The molecule has 1 aliphatic heterocycles. The summed E-state index contributed by atoms with van der Waals surface area (Å²) in [6.45, 7) is 7.42. The van der Waals surface area contributed by atoms with E-state index in [9.17, 15) is 18.3 Å². The van der Waals surface area contributed by atoms with Crippen LogP contribution in [0.15, 0.2) is 11.6 Å². The highest BCUT2D eigenvalue weighted by molar-refractivity contribution is 5.28. The highest BCUT2D eigenvalue weighted by atomic mass is 19.4. The third kappa shape index (κ3) is 2.88. The lowest BCUT2D eigenvalue weighted by atomic mass is 9.53. The Morgan fingerprint density at radius 2 is 1.67 bits per heavy atom. The van der Waals surface area contributed by atoms with Gasteiger partial charge in [0.2, 0.25) is 0 Å². The van der Waals surface area contributed by atoms with E-state index in [-0.39, 0.29) is 23.7 Å². The number of aliphatic hydroxyl groups is 1. The third-order valence-electron chi connectivity index (χ3n) is 9.43. The first-order valence-electron chi connectivity index (χ1n) is 11.7. The van der Waals surface area contributed by atoms with E-state index in [4.69, 9.17) is 9.47 Å². The second-order valence-electron chi connectivity index (χ2n) is 11.8. The van der Waals surface area contributed by atoms with E-state index in [0.29, 0.717) is 37.9 Å². The van der Waals surface area contributed by atoms with E-state index in [2.05, 4.69) is 19.9 Å². The van der Waals surface area contributed by atoms with Crippen molar-refractivity contribution >= 4 is 0 Å². The van der Waals surface area contributed by atoms with Crippen molar-refractivity contribution in [1.82, 2.24) is 0 Å². The molecule has 30 heavy (non-hydrogen) atoms. The number of alkyl halides is 3. The van der Waals surface area contributed by atoms with Gasteiger partial charge in [0.15, 0.2) is 11.4 Å². The van der Waals surface area contributed by atoms with Gasteiger partial charge in [-0.2, -0.15) is 13.2 Å². The summed E-state index contributed by atoms with van der Waals surface area (Å²) in [5.41, 5.74) is -2.24. The Hall–Kier alpha value is -0.590. The minimum Gasteiger partial charge on any atom is -0.380 e. The smallest absolute Gasteiger partial charge is 0.380 e. The molecule has 5 aliphatic rings. The zero-order valence-electron chi connectivity index (χ0n) is 18.4. The van der Waals surface area contributed by atoms with Crippen molar-refractivity contribution in [3.63, 3.8) is 0 Å². The summed E-state index contributed by atoms with van der Waals surface area (Å²) >= 11 is 0. The molecule has 4 aliphatic carbocycles. The van der Waals surface area contributed by atoms with Crippen molar-refractivity contribution in [2.24, 2.45) is 34.5 Å². The highest BCUT2D eigenvalue weighted by Gasteiger charge is 2.71. The van der Waals surface area contributed by atoms with Crippen molar-refractivity contribution in [3.8, 4) is 0 Å². The molecule has 0 amide bonds. The fourth-order valence-electron chi connectivity index (χ4n) is 7.60. The average Bonchev–Trinajstić information content (AvgIpc) is 2.96. The van der Waals surface area contributed by atoms with Crippen LogP contribution in [0.3, 0.4) is 0 Å². The molecule has 3 nitrogen and oxygen atoms in total. The maximum Gasteiger partial charge on any atom is 0.417 e. The number of ether oxygens (including phenoxy) is 2. The van der Waals surface area contributed by atoms with Gasteiger partial charge >= 0.3 is 6.18 Å². The Morgan fingerprint density at radius 1 is 0.967 bits per heavy atom. The van der Waals surface area contributed by atoms with Gasteiger partial charge < -0.3 is 14.6 Å². The van der Waals surface area contributed by atoms with Crippen LogP contribution < -0.4 is 0 Å². The van der Waals surface area contributed by atoms with E-state index in [0.717, 1.165) is 32.1 Å². The van der Waals surface area contributed by atoms with Gasteiger partial charge in [0, 0.05) is 23.7 Å². The first kappa shape index (κ1) is 21.3. The average molecular weight is 429 g/mol. The summed E-state index contributed by atoms with van der Waals surface area (Å²) in [6.07, 6.45) is 2.83. The van der Waals surface area contributed by atoms with Gasteiger partial charge in [0.05, 0.1) is 13.2 Å². The SMILES string of the molecule is CC1(C)COC2(CCC3C4=CCC5(C)C(CC[C@@]5(O)C(F)(F)F)C4CCC3C2)OC1. The zero-order chi connectivity index (χ0) is 21.6. The summed E-state index contributed by atoms with van der Waals surface area (Å²) in [6, 6.07) is 0. The van der Waals surface area contributed by atoms with Crippen molar-refractivity contribution in [3.05, 3.63) is 11.6 Å². The molecule has 1 N–H and O–H groups in total. The third-order valence-corrected chi connectivity index (χ3v) is 9.43. The quantitative estimate of drug-likeness (QED) is 0.509. The largest absolute Gasteiger partial charge is 0.417 e. The van der Waals surface area contributed by atoms with Gasteiger partial charge in [-0.1, -0.05) is 32.4 Å². The molecule has 1 saturated heterocycles. The van der Waals surface area contributed by atoms with E-state index >= 15 is 0 Å². The molecule has 1 heterocycles. The molecular weight excluding hydrogens is 393 g/mol. The summed E-state index contributed by atoms with van der Waals surface area (Å²) < 4.78 is 54.0. The maximum atomic E-state index is 13.8. The monoisotopic (exact) mass is 428 g/mol. The number of hydrogen-bond donors (Lipinski definition) is 1.